The highest BCUT2D eigenvalue weighted by Gasteiger charge is 2.25. The molecule has 0 saturated carbocycles. The number of rotatable bonds is 5. The molecule has 0 radical (unpaired) electrons. The summed E-state index contributed by atoms with van der Waals surface area (Å²) in [6, 6.07) is 5.29. The lowest BCUT2D eigenvalue weighted by Gasteiger charge is -2.29. The van der Waals surface area contributed by atoms with Crippen molar-refractivity contribution in [3.05, 3.63) is 23.8 Å². The molecule has 4 heteroatoms. The molecule has 0 fully saturated rings. The molecular formula is C15H25NO3. The standard InChI is InChI=1S/C15H25NO3/c1-15(2,3)14(16)9-12(17)11-8-10(18-4)6-7-13(11)19-5/h6-8,12,14,17H,9,16H2,1-5H3/t12-,14+/m0/s1. The molecular weight excluding hydrogens is 242 g/mol. The number of hydrogen-bond donors (Lipinski definition) is 2. The van der Waals surface area contributed by atoms with E-state index in [1.165, 1.54) is 0 Å². The first-order valence-corrected chi connectivity index (χ1v) is 6.45. The molecule has 0 spiro atoms. The average molecular weight is 267 g/mol. The molecule has 108 valence electrons. The summed E-state index contributed by atoms with van der Waals surface area (Å²) >= 11 is 0. The van der Waals surface area contributed by atoms with Crippen LogP contribution in [0.2, 0.25) is 0 Å². The van der Waals surface area contributed by atoms with Gasteiger partial charge in [0.1, 0.15) is 11.5 Å². The first kappa shape index (κ1) is 15.8. The number of methoxy groups -OCH3 is 2. The van der Waals surface area contributed by atoms with Gasteiger partial charge in [0.2, 0.25) is 0 Å². The SMILES string of the molecule is COc1ccc(OC)c([C@@H](O)C[C@@H](N)C(C)(C)C)c1. The van der Waals surface area contributed by atoms with Crippen LogP contribution in [0.3, 0.4) is 0 Å². The second-order valence-electron chi connectivity index (χ2n) is 5.83. The fourth-order valence-electron chi connectivity index (χ4n) is 1.82. The van der Waals surface area contributed by atoms with Gasteiger partial charge in [0.05, 0.1) is 20.3 Å². The van der Waals surface area contributed by atoms with Gasteiger partial charge in [0.15, 0.2) is 0 Å². The molecule has 0 aliphatic rings. The summed E-state index contributed by atoms with van der Waals surface area (Å²) in [6.07, 6.45) is -0.188. The Kier molecular flexibility index (Phi) is 5.20. The third-order valence-electron chi connectivity index (χ3n) is 3.39. The molecule has 0 aromatic heterocycles. The number of aliphatic hydroxyl groups excluding tert-OH is 1. The summed E-state index contributed by atoms with van der Waals surface area (Å²) in [5, 5.41) is 10.4. The first-order chi connectivity index (χ1) is 8.79. The minimum atomic E-state index is -0.667. The van der Waals surface area contributed by atoms with Crippen molar-refractivity contribution in [2.45, 2.75) is 39.3 Å². The smallest absolute Gasteiger partial charge is 0.124 e. The van der Waals surface area contributed by atoms with E-state index in [0.717, 1.165) is 0 Å². The Morgan fingerprint density at radius 1 is 1.21 bits per heavy atom. The van der Waals surface area contributed by atoms with Crippen LogP contribution < -0.4 is 15.2 Å². The van der Waals surface area contributed by atoms with Gasteiger partial charge >= 0.3 is 0 Å². The molecule has 1 aromatic rings. The van der Waals surface area contributed by atoms with Gasteiger partial charge in [-0.3, -0.25) is 0 Å². The summed E-state index contributed by atoms with van der Waals surface area (Å²) in [5.74, 6) is 1.34. The van der Waals surface area contributed by atoms with Crippen LogP contribution in [0.4, 0.5) is 0 Å². The van der Waals surface area contributed by atoms with E-state index in [-0.39, 0.29) is 11.5 Å². The summed E-state index contributed by atoms with van der Waals surface area (Å²) in [6.45, 7) is 6.19. The Morgan fingerprint density at radius 2 is 1.84 bits per heavy atom. The molecule has 0 heterocycles. The zero-order valence-electron chi connectivity index (χ0n) is 12.4. The normalized spacial score (nSPS) is 14.9. The molecule has 19 heavy (non-hydrogen) atoms. The Hall–Kier alpha value is -1.26. The summed E-state index contributed by atoms with van der Waals surface area (Å²) in [4.78, 5) is 0. The van der Waals surface area contributed by atoms with E-state index < -0.39 is 6.10 Å². The average Bonchev–Trinajstić information content (AvgIpc) is 2.36. The van der Waals surface area contributed by atoms with E-state index in [4.69, 9.17) is 15.2 Å². The largest absolute Gasteiger partial charge is 0.497 e. The molecule has 1 rings (SSSR count). The van der Waals surface area contributed by atoms with Crippen molar-refractivity contribution in [1.29, 1.82) is 0 Å². The molecule has 0 saturated heterocycles. The van der Waals surface area contributed by atoms with E-state index in [0.29, 0.717) is 23.5 Å². The third-order valence-corrected chi connectivity index (χ3v) is 3.39. The molecule has 0 aliphatic heterocycles. The van der Waals surface area contributed by atoms with E-state index >= 15 is 0 Å². The molecule has 0 amide bonds. The van der Waals surface area contributed by atoms with Crippen LogP contribution in [-0.4, -0.2) is 25.4 Å². The van der Waals surface area contributed by atoms with Gasteiger partial charge in [-0.05, 0) is 30.0 Å². The maximum Gasteiger partial charge on any atom is 0.124 e. The van der Waals surface area contributed by atoms with Crippen molar-refractivity contribution >= 4 is 0 Å². The molecule has 4 nitrogen and oxygen atoms in total. The molecule has 0 bridgehead atoms. The minimum absolute atomic E-state index is 0.0485. The van der Waals surface area contributed by atoms with E-state index in [1.54, 1.807) is 32.4 Å². The van der Waals surface area contributed by atoms with Gasteiger partial charge in [-0.1, -0.05) is 20.8 Å². The predicted octanol–water partition coefficient (Wildman–Crippen LogP) is 2.50. The zero-order valence-corrected chi connectivity index (χ0v) is 12.4. The lowest BCUT2D eigenvalue weighted by molar-refractivity contribution is 0.130. The molecule has 1 aromatic carbocycles. The van der Waals surface area contributed by atoms with Gasteiger partial charge in [0, 0.05) is 11.6 Å². The highest BCUT2D eigenvalue weighted by molar-refractivity contribution is 5.41. The van der Waals surface area contributed by atoms with Gasteiger partial charge < -0.3 is 20.3 Å². The first-order valence-electron chi connectivity index (χ1n) is 6.45. The fourth-order valence-corrected chi connectivity index (χ4v) is 1.82. The highest BCUT2D eigenvalue weighted by Crippen LogP contribution is 2.33. The van der Waals surface area contributed by atoms with Crippen molar-refractivity contribution in [3.8, 4) is 11.5 Å². The number of nitrogens with two attached hydrogens (primary N) is 1. The third kappa shape index (κ3) is 4.11. The topological polar surface area (TPSA) is 64.7 Å². The Balaban J connectivity index is 2.94. The van der Waals surface area contributed by atoms with Crippen molar-refractivity contribution in [1.82, 2.24) is 0 Å². The highest BCUT2D eigenvalue weighted by atomic mass is 16.5. The van der Waals surface area contributed by atoms with Crippen LogP contribution in [0.5, 0.6) is 11.5 Å². The number of benzene rings is 1. The second kappa shape index (κ2) is 6.26. The van der Waals surface area contributed by atoms with Crippen LogP contribution in [-0.2, 0) is 0 Å². The fraction of sp³-hybridized carbons (Fsp3) is 0.600. The van der Waals surface area contributed by atoms with Gasteiger partial charge in [-0.15, -0.1) is 0 Å². The summed E-state index contributed by atoms with van der Waals surface area (Å²) in [5.41, 5.74) is 6.78. The van der Waals surface area contributed by atoms with E-state index in [1.807, 2.05) is 0 Å². The minimum Gasteiger partial charge on any atom is -0.497 e. The zero-order chi connectivity index (χ0) is 14.6. The molecule has 0 unspecified atom stereocenters. The number of ether oxygens (including phenoxy) is 2. The number of aliphatic hydroxyl groups is 1. The Bertz CT molecular complexity index is 412. The monoisotopic (exact) mass is 267 g/mol. The Labute approximate surface area is 115 Å². The van der Waals surface area contributed by atoms with Gasteiger partial charge in [0.25, 0.3) is 0 Å². The van der Waals surface area contributed by atoms with Crippen LogP contribution in [0.1, 0.15) is 38.9 Å². The van der Waals surface area contributed by atoms with Crippen molar-refractivity contribution in [2.24, 2.45) is 11.1 Å². The van der Waals surface area contributed by atoms with Gasteiger partial charge in [-0.2, -0.15) is 0 Å². The summed E-state index contributed by atoms with van der Waals surface area (Å²) in [7, 11) is 3.18. The molecule has 3 N–H and O–H groups in total. The Morgan fingerprint density at radius 3 is 2.32 bits per heavy atom. The predicted molar refractivity (Wildman–Crippen MR) is 76.6 cm³/mol. The maximum atomic E-state index is 10.4. The van der Waals surface area contributed by atoms with Gasteiger partial charge in [-0.25, -0.2) is 0 Å². The van der Waals surface area contributed by atoms with Crippen LogP contribution in [0, 0.1) is 5.41 Å². The van der Waals surface area contributed by atoms with Crippen molar-refractivity contribution in [2.75, 3.05) is 14.2 Å². The van der Waals surface area contributed by atoms with Crippen LogP contribution in [0.25, 0.3) is 0 Å². The number of hydrogen-bond acceptors (Lipinski definition) is 4. The second-order valence-corrected chi connectivity index (χ2v) is 5.83. The van der Waals surface area contributed by atoms with Crippen LogP contribution >= 0.6 is 0 Å². The van der Waals surface area contributed by atoms with Crippen molar-refractivity contribution < 1.29 is 14.6 Å². The molecule has 0 aliphatic carbocycles. The lowest BCUT2D eigenvalue weighted by Crippen LogP contribution is -2.36. The van der Waals surface area contributed by atoms with E-state index in [2.05, 4.69) is 20.8 Å². The van der Waals surface area contributed by atoms with Crippen molar-refractivity contribution in [3.63, 3.8) is 0 Å². The summed E-state index contributed by atoms with van der Waals surface area (Å²) < 4.78 is 10.5. The molecule has 2 atom stereocenters. The maximum absolute atomic E-state index is 10.4. The van der Waals surface area contributed by atoms with E-state index in [9.17, 15) is 5.11 Å². The lowest BCUT2D eigenvalue weighted by atomic mass is 9.83. The quantitative estimate of drug-likeness (QED) is 0.860. The van der Waals surface area contributed by atoms with Crippen LogP contribution in [0.15, 0.2) is 18.2 Å².